The first-order chi connectivity index (χ1) is 3.93. The Morgan fingerprint density at radius 3 is 3.12 bits per heavy atom. The van der Waals surface area contributed by atoms with Gasteiger partial charge in [0.15, 0.2) is 0 Å². The second-order valence-electron chi connectivity index (χ2n) is 2.29. The third-order valence-electron chi connectivity index (χ3n) is 1.52. The highest BCUT2D eigenvalue weighted by atomic mass is 16.5. The molecule has 0 aromatic carbocycles. The van der Waals surface area contributed by atoms with Crippen LogP contribution in [0.15, 0.2) is 0 Å². The summed E-state index contributed by atoms with van der Waals surface area (Å²) in [5.41, 5.74) is 0. The van der Waals surface area contributed by atoms with Crippen molar-refractivity contribution in [3.63, 3.8) is 0 Å². The van der Waals surface area contributed by atoms with Gasteiger partial charge in [0.1, 0.15) is 0 Å². The van der Waals surface area contributed by atoms with Crippen LogP contribution in [0.1, 0.15) is 6.42 Å². The van der Waals surface area contributed by atoms with Crippen LogP contribution in [0.2, 0.25) is 0 Å². The molecule has 1 N–H and O–H groups in total. The van der Waals surface area contributed by atoms with Crippen LogP contribution in [0.25, 0.3) is 0 Å². The molecular weight excluding hydrogens is 102 g/mol. The maximum atomic E-state index is 5.17. The fourth-order valence-corrected chi connectivity index (χ4v) is 1.03. The van der Waals surface area contributed by atoms with Crippen molar-refractivity contribution in [1.29, 1.82) is 0 Å². The van der Waals surface area contributed by atoms with E-state index in [4.69, 9.17) is 4.74 Å². The summed E-state index contributed by atoms with van der Waals surface area (Å²) in [7, 11) is 1.98. The van der Waals surface area contributed by atoms with E-state index < -0.39 is 0 Å². The minimum absolute atomic E-state index is 0.778. The molecule has 1 aliphatic heterocycles. The van der Waals surface area contributed by atoms with E-state index in [0.717, 1.165) is 25.7 Å². The summed E-state index contributed by atoms with van der Waals surface area (Å²) in [6.45, 7) is 3.03. The summed E-state index contributed by atoms with van der Waals surface area (Å²) in [4.78, 5) is 0. The lowest BCUT2D eigenvalue weighted by atomic mass is 10.1. The van der Waals surface area contributed by atoms with E-state index in [0.29, 0.717) is 0 Å². The van der Waals surface area contributed by atoms with Crippen molar-refractivity contribution in [2.24, 2.45) is 5.92 Å². The lowest BCUT2D eigenvalue weighted by Crippen LogP contribution is -2.18. The lowest BCUT2D eigenvalue weighted by molar-refractivity contribution is 0.185. The van der Waals surface area contributed by atoms with E-state index in [9.17, 15) is 0 Å². The second kappa shape index (κ2) is 3.05. The van der Waals surface area contributed by atoms with Crippen molar-refractivity contribution in [2.75, 3.05) is 26.8 Å². The Morgan fingerprint density at radius 2 is 2.62 bits per heavy atom. The third kappa shape index (κ3) is 1.46. The van der Waals surface area contributed by atoms with Gasteiger partial charge in [0.25, 0.3) is 0 Å². The molecule has 48 valence electrons. The standard InChI is InChI=1S/C6H13NO/c1-7-4-6-2-3-8-5-6/h6-7H,2-5H2,1H3/t6-/m0/s1. The van der Waals surface area contributed by atoms with Crippen LogP contribution < -0.4 is 5.32 Å². The first kappa shape index (κ1) is 6.05. The molecule has 2 heteroatoms. The van der Waals surface area contributed by atoms with Crippen molar-refractivity contribution in [2.45, 2.75) is 6.42 Å². The Morgan fingerprint density at radius 1 is 1.75 bits per heavy atom. The Bertz CT molecular complexity index is 59.5. The molecule has 0 bridgehead atoms. The van der Waals surface area contributed by atoms with Gasteiger partial charge < -0.3 is 10.1 Å². The minimum atomic E-state index is 0.778. The molecule has 1 saturated heterocycles. The summed E-state index contributed by atoms with van der Waals surface area (Å²) in [6.07, 6.45) is 1.24. The Kier molecular flexibility index (Phi) is 2.30. The SMILES string of the molecule is CNC[C@@H]1CCOC1. The van der Waals surface area contributed by atoms with Gasteiger partial charge in [0, 0.05) is 6.61 Å². The molecule has 0 amide bonds. The molecule has 0 aromatic heterocycles. The number of rotatable bonds is 2. The molecule has 1 heterocycles. The predicted octanol–water partition coefficient (Wildman–Crippen LogP) is 0.242. The van der Waals surface area contributed by atoms with Gasteiger partial charge in [-0.05, 0) is 25.9 Å². The van der Waals surface area contributed by atoms with Crippen LogP contribution >= 0.6 is 0 Å². The zero-order valence-corrected chi connectivity index (χ0v) is 5.31. The predicted molar refractivity (Wildman–Crippen MR) is 32.9 cm³/mol. The molecule has 0 saturated carbocycles. The number of nitrogens with one attached hydrogen (secondary N) is 1. The fraction of sp³-hybridized carbons (Fsp3) is 1.00. The van der Waals surface area contributed by atoms with Crippen molar-refractivity contribution < 1.29 is 4.74 Å². The Hall–Kier alpha value is -0.0800. The molecule has 1 rings (SSSR count). The first-order valence-corrected chi connectivity index (χ1v) is 3.16. The average molecular weight is 115 g/mol. The summed E-state index contributed by atoms with van der Waals surface area (Å²) in [5, 5.41) is 3.13. The molecule has 8 heavy (non-hydrogen) atoms. The maximum absolute atomic E-state index is 5.17. The van der Waals surface area contributed by atoms with Crippen molar-refractivity contribution >= 4 is 0 Å². The van der Waals surface area contributed by atoms with E-state index in [-0.39, 0.29) is 0 Å². The Balaban J connectivity index is 2.06. The van der Waals surface area contributed by atoms with Crippen molar-refractivity contribution in [3.8, 4) is 0 Å². The number of hydrogen-bond donors (Lipinski definition) is 1. The number of hydrogen-bond acceptors (Lipinski definition) is 2. The molecule has 0 aliphatic carbocycles. The van der Waals surface area contributed by atoms with E-state index >= 15 is 0 Å². The highest BCUT2D eigenvalue weighted by Crippen LogP contribution is 2.09. The molecule has 2 nitrogen and oxygen atoms in total. The van der Waals surface area contributed by atoms with Crippen LogP contribution in [0.5, 0.6) is 0 Å². The lowest BCUT2D eigenvalue weighted by Gasteiger charge is -2.03. The van der Waals surface area contributed by atoms with Crippen LogP contribution in [-0.2, 0) is 4.74 Å². The topological polar surface area (TPSA) is 21.3 Å². The van der Waals surface area contributed by atoms with Crippen LogP contribution in [0.3, 0.4) is 0 Å². The van der Waals surface area contributed by atoms with E-state index in [1.807, 2.05) is 7.05 Å². The maximum Gasteiger partial charge on any atom is 0.0507 e. The van der Waals surface area contributed by atoms with Crippen LogP contribution in [-0.4, -0.2) is 26.8 Å². The first-order valence-electron chi connectivity index (χ1n) is 3.16. The molecular formula is C6H13NO. The van der Waals surface area contributed by atoms with Gasteiger partial charge in [-0.3, -0.25) is 0 Å². The molecule has 1 fully saturated rings. The third-order valence-corrected chi connectivity index (χ3v) is 1.52. The Labute approximate surface area is 50.2 Å². The van der Waals surface area contributed by atoms with Gasteiger partial charge in [-0.25, -0.2) is 0 Å². The number of ether oxygens (including phenoxy) is 1. The molecule has 1 atom stereocenters. The van der Waals surface area contributed by atoms with Crippen molar-refractivity contribution in [1.82, 2.24) is 5.32 Å². The van der Waals surface area contributed by atoms with Gasteiger partial charge in [-0.2, -0.15) is 0 Å². The zero-order valence-electron chi connectivity index (χ0n) is 5.31. The van der Waals surface area contributed by atoms with Gasteiger partial charge >= 0.3 is 0 Å². The van der Waals surface area contributed by atoms with E-state index in [2.05, 4.69) is 5.32 Å². The average Bonchev–Trinajstić information content (AvgIpc) is 2.19. The summed E-state index contributed by atoms with van der Waals surface area (Å²) in [6, 6.07) is 0. The van der Waals surface area contributed by atoms with Gasteiger partial charge in [-0.1, -0.05) is 0 Å². The minimum Gasteiger partial charge on any atom is -0.381 e. The largest absolute Gasteiger partial charge is 0.381 e. The molecule has 0 unspecified atom stereocenters. The van der Waals surface area contributed by atoms with Crippen molar-refractivity contribution in [3.05, 3.63) is 0 Å². The van der Waals surface area contributed by atoms with Gasteiger partial charge in [-0.15, -0.1) is 0 Å². The van der Waals surface area contributed by atoms with Gasteiger partial charge in [0.05, 0.1) is 6.61 Å². The normalized spacial score (nSPS) is 28.9. The van der Waals surface area contributed by atoms with Gasteiger partial charge in [0.2, 0.25) is 0 Å². The smallest absolute Gasteiger partial charge is 0.0507 e. The monoisotopic (exact) mass is 115 g/mol. The zero-order chi connectivity index (χ0) is 5.82. The summed E-state index contributed by atoms with van der Waals surface area (Å²) in [5.74, 6) is 0.778. The molecule has 0 spiro atoms. The fourth-order valence-electron chi connectivity index (χ4n) is 1.03. The summed E-state index contributed by atoms with van der Waals surface area (Å²) < 4.78 is 5.17. The van der Waals surface area contributed by atoms with E-state index in [1.165, 1.54) is 6.42 Å². The van der Waals surface area contributed by atoms with Crippen LogP contribution in [0.4, 0.5) is 0 Å². The summed E-state index contributed by atoms with van der Waals surface area (Å²) >= 11 is 0. The van der Waals surface area contributed by atoms with E-state index in [1.54, 1.807) is 0 Å². The quantitative estimate of drug-likeness (QED) is 0.556. The molecule has 0 radical (unpaired) electrons. The molecule has 0 aromatic rings. The second-order valence-corrected chi connectivity index (χ2v) is 2.29. The highest BCUT2D eigenvalue weighted by molar-refractivity contribution is 4.64. The highest BCUT2D eigenvalue weighted by Gasteiger charge is 2.13. The molecule has 1 aliphatic rings. The van der Waals surface area contributed by atoms with Crippen LogP contribution in [0, 0.1) is 5.92 Å².